The molecular weight excluding hydrogens is 416 g/mol. The summed E-state index contributed by atoms with van der Waals surface area (Å²) in [5.41, 5.74) is 6.47. The molecule has 1 atom stereocenters. The Balaban J connectivity index is 1.95. The predicted octanol–water partition coefficient (Wildman–Crippen LogP) is 2.56. The molecule has 1 heterocycles. The zero-order chi connectivity index (χ0) is 23.3. The third kappa shape index (κ3) is 4.66. The molecule has 3 rings (SSSR count). The summed E-state index contributed by atoms with van der Waals surface area (Å²) in [6.45, 7) is 0.259. The Kier molecular flexibility index (Phi) is 7.29. The van der Waals surface area contributed by atoms with Crippen LogP contribution in [0.5, 0.6) is 28.7 Å². The molecule has 2 aromatic carbocycles. The van der Waals surface area contributed by atoms with Crippen LogP contribution in [0.3, 0.4) is 0 Å². The molecule has 0 spiro atoms. The first-order valence-electron chi connectivity index (χ1n) is 10.1. The minimum atomic E-state index is -0.636. The van der Waals surface area contributed by atoms with Crippen molar-refractivity contribution in [2.45, 2.75) is 18.9 Å². The van der Waals surface area contributed by atoms with E-state index in [1.165, 1.54) is 14.2 Å². The summed E-state index contributed by atoms with van der Waals surface area (Å²) in [4.78, 5) is 26.4. The Morgan fingerprint density at radius 2 is 1.62 bits per heavy atom. The van der Waals surface area contributed by atoms with Crippen LogP contribution in [0.15, 0.2) is 30.3 Å². The molecule has 0 aromatic heterocycles. The van der Waals surface area contributed by atoms with Crippen LogP contribution in [-0.4, -0.2) is 58.3 Å². The number of hydrogen-bond acceptors (Lipinski definition) is 7. The van der Waals surface area contributed by atoms with E-state index in [-0.39, 0.29) is 35.8 Å². The Morgan fingerprint density at radius 3 is 2.19 bits per heavy atom. The summed E-state index contributed by atoms with van der Waals surface area (Å²) in [5, 5.41) is 0. The summed E-state index contributed by atoms with van der Waals surface area (Å²) in [5.74, 6) is 1.28. The lowest BCUT2D eigenvalue weighted by atomic mass is 10.0. The van der Waals surface area contributed by atoms with Crippen molar-refractivity contribution in [1.82, 2.24) is 4.90 Å². The zero-order valence-electron chi connectivity index (χ0n) is 18.7. The molecule has 0 aliphatic carbocycles. The summed E-state index contributed by atoms with van der Waals surface area (Å²) in [6.07, 6.45) is 1.67. The minimum Gasteiger partial charge on any atom is -0.497 e. The first kappa shape index (κ1) is 23.1. The van der Waals surface area contributed by atoms with Crippen LogP contribution in [0.4, 0.5) is 0 Å². The van der Waals surface area contributed by atoms with Gasteiger partial charge in [-0.3, -0.25) is 9.59 Å². The highest BCUT2D eigenvalue weighted by atomic mass is 16.5. The lowest BCUT2D eigenvalue weighted by Crippen LogP contribution is -2.31. The van der Waals surface area contributed by atoms with Gasteiger partial charge in [0.25, 0.3) is 11.8 Å². The summed E-state index contributed by atoms with van der Waals surface area (Å²) < 4.78 is 27.0. The second kappa shape index (κ2) is 10.1. The van der Waals surface area contributed by atoms with Crippen molar-refractivity contribution in [3.8, 4) is 28.7 Å². The Labute approximate surface area is 186 Å². The molecule has 0 unspecified atom stereocenters. The lowest BCUT2D eigenvalue weighted by molar-refractivity contribution is -0.120. The fourth-order valence-electron chi connectivity index (χ4n) is 3.88. The highest BCUT2D eigenvalue weighted by Crippen LogP contribution is 2.42. The van der Waals surface area contributed by atoms with E-state index in [1.54, 1.807) is 26.4 Å². The van der Waals surface area contributed by atoms with Crippen LogP contribution >= 0.6 is 0 Å². The summed E-state index contributed by atoms with van der Waals surface area (Å²) in [6, 6.07) is 8.59. The van der Waals surface area contributed by atoms with E-state index >= 15 is 0 Å². The van der Waals surface area contributed by atoms with Crippen molar-refractivity contribution in [2.24, 2.45) is 5.73 Å². The molecular formula is C23H28N2O7. The number of primary amides is 1. The number of carbonyl (C=O) groups is 2. The zero-order valence-corrected chi connectivity index (χ0v) is 18.7. The van der Waals surface area contributed by atoms with E-state index in [0.29, 0.717) is 23.6 Å². The van der Waals surface area contributed by atoms with Gasteiger partial charge < -0.3 is 34.3 Å². The SMILES string of the molecule is COc1ccc([C@@H]2CCCN2C(=O)c2cc(OC)c(OCC(N)=O)c(OC)c2)c(OC)c1. The number of hydrogen-bond donors (Lipinski definition) is 1. The van der Waals surface area contributed by atoms with Crippen LogP contribution in [0.1, 0.15) is 34.8 Å². The predicted molar refractivity (Wildman–Crippen MR) is 117 cm³/mol. The van der Waals surface area contributed by atoms with Gasteiger partial charge in [-0.15, -0.1) is 0 Å². The molecule has 172 valence electrons. The van der Waals surface area contributed by atoms with Gasteiger partial charge in [-0.05, 0) is 37.1 Å². The summed E-state index contributed by atoms with van der Waals surface area (Å²) in [7, 11) is 6.08. The topological polar surface area (TPSA) is 110 Å². The van der Waals surface area contributed by atoms with E-state index in [0.717, 1.165) is 18.4 Å². The van der Waals surface area contributed by atoms with E-state index in [2.05, 4.69) is 0 Å². The normalized spacial score (nSPS) is 15.2. The van der Waals surface area contributed by atoms with Crippen LogP contribution < -0.4 is 29.4 Å². The third-order valence-corrected chi connectivity index (χ3v) is 5.38. The van der Waals surface area contributed by atoms with E-state index in [1.807, 2.05) is 23.1 Å². The average molecular weight is 444 g/mol. The highest BCUT2D eigenvalue weighted by Gasteiger charge is 2.33. The standard InChI is InChI=1S/C23H28N2O7/c1-28-15-7-8-16(18(12-15)29-2)17-6-5-9-25(17)23(27)14-10-19(30-3)22(20(11-14)31-4)32-13-21(24)26/h7-8,10-12,17H,5-6,9,13H2,1-4H3,(H2,24,26)/t17-/m0/s1. The summed E-state index contributed by atoms with van der Waals surface area (Å²) >= 11 is 0. The van der Waals surface area contributed by atoms with Gasteiger partial charge in [0.15, 0.2) is 18.1 Å². The maximum Gasteiger partial charge on any atom is 0.255 e. The van der Waals surface area contributed by atoms with E-state index in [4.69, 9.17) is 29.4 Å². The molecule has 1 saturated heterocycles. The Bertz CT molecular complexity index is 967. The quantitative estimate of drug-likeness (QED) is 0.633. The first-order chi connectivity index (χ1) is 15.4. The van der Waals surface area contributed by atoms with Crippen LogP contribution in [0, 0.1) is 0 Å². The molecule has 1 aliphatic rings. The molecule has 2 amide bonds. The molecule has 2 N–H and O–H groups in total. The number of nitrogens with two attached hydrogens (primary N) is 1. The Hall–Kier alpha value is -3.62. The monoisotopic (exact) mass is 444 g/mol. The van der Waals surface area contributed by atoms with Crippen molar-refractivity contribution in [1.29, 1.82) is 0 Å². The number of ether oxygens (including phenoxy) is 5. The van der Waals surface area contributed by atoms with Gasteiger partial charge >= 0.3 is 0 Å². The molecule has 1 aliphatic heterocycles. The van der Waals surface area contributed by atoms with Crippen molar-refractivity contribution in [3.05, 3.63) is 41.5 Å². The van der Waals surface area contributed by atoms with Crippen molar-refractivity contribution in [3.63, 3.8) is 0 Å². The fraction of sp³-hybridized carbons (Fsp3) is 0.391. The van der Waals surface area contributed by atoms with Crippen molar-refractivity contribution >= 4 is 11.8 Å². The van der Waals surface area contributed by atoms with Gasteiger partial charge in [-0.25, -0.2) is 0 Å². The number of nitrogens with zero attached hydrogens (tertiary/aromatic N) is 1. The Morgan fingerprint density at radius 1 is 0.969 bits per heavy atom. The largest absolute Gasteiger partial charge is 0.497 e. The molecule has 1 fully saturated rings. The lowest BCUT2D eigenvalue weighted by Gasteiger charge is -2.27. The van der Waals surface area contributed by atoms with Crippen LogP contribution in [0.2, 0.25) is 0 Å². The second-order valence-electron chi connectivity index (χ2n) is 7.23. The van der Waals surface area contributed by atoms with Crippen LogP contribution in [0.25, 0.3) is 0 Å². The maximum atomic E-state index is 13.5. The first-order valence-corrected chi connectivity index (χ1v) is 10.1. The smallest absolute Gasteiger partial charge is 0.255 e. The van der Waals surface area contributed by atoms with E-state index < -0.39 is 5.91 Å². The van der Waals surface area contributed by atoms with Crippen molar-refractivity contribution in [2.75, 3.05) is 41.6 Å². The number of methoxy groups -OCH3 is 4. The van der Waals surface area contributed by atoms with E-state index in [9.17, 15) is 9.59 Å². The maximum absolute atomic E-state index is 13.5. The molecule has 0 radical (unpaired) electrons. The molecule has 9 nitrogen and oxygen atoms in total. The molecule has 32 heavy (non-hydrogen) atoms. The third-order valence-electron chi connectivity index (χ3n) is 5.38. The minimum absolute atomic E-state index is 0.147. The van der Waals surface area contributed by atoms with Crippen molar-refractivity contribution < 1.29 is 33.3 Å². The second-order valence-corrected chi connectivity index (χ2v) is 7.23. The van der Waals surface area contributed by atoms with Gasteiger partial charge in [-0.2, -0.15) is 0 Å². The van der Waals surface area contributed by atoms with Gasteiger partial charge in [0, 0.05) is 23.7 Å². The highest BCUT2D eigenvalue weighted by molar-refractivity contribution is 5.96. The molecule has 9 heteroatoms. The number of amides is 2. The van der Waals surface area contributed by atoms with Gasteiger partial charge in [0.05, 0.1) is 34.5 Å². The number of carbonyl (C=O) groups excluding carboxylic acids is 2. The average Bonchev–Trinajstić information content (AvgIpc) is 3.30. The van der Waals surface area contributed by atoms with Gasteiger partial charge in [-0.1, -0.05) is 0 Å². The fourth-order valence-corrected chi connectivity index (χ4v) is 3.88. The number of likely N-dealkylation sites (tertiary alicyclic amines) is 1. The molecule has 2 aromatic rings. The van der Waals surface area contributed by atoms with Crippen LogP contribution in [-0.2, 0) is 4.79 Å². The van der Waals surface area contributed by atoms with Gasteiger partial charge in [0.1, 0.15) is 11.5 Å². The number of rotatable bonds is 9. The molecule has 0 bridgehead atoms. The number of benzene rings is 2. The molecule has 0 saturated carbocycles. The van der Waals surface area contributed by atoms with Gasteiger partial charge in [0.2, 0.25) is 5.75 Å².